The van der Waals surface area contributed by atoms with Gasteiger partial charge in [0.05, 0.1) is 16.9 Å². The molecule has 1 aromatic heterocycles. The van der Waals surface area contributed by atoms with Crippen LogP contribution in [0.5, 0.6) is 0 Å². The van der Waals surface area contributed by atoms with Gasteiger partial charge in [-0.3, -0.25) is 9.36 Å². The van der Waals surface area contributed by atoms with Crippen molar-refractivity contribution in [1.82, 2.24) is 9.55 Å². The molecule has 0 amide bonds. The standard InChI is InChI=1S/C12H11ClN2O3S/c1-2-15-11(18)8-4-3-7(13)5-9(8)14-12(15)19-6-10(16)17/h3-5H,2,6H2,1H3,(H,16,17)/p-1. The van der Waals surface area contributed by atoms with Crippen molar-refractivity contribution in [2.45, 2.75) is 18.6 Å². The van der Waals surface area contributed by atoms with E-state index in [-0.39, 0.29) is 11.3 Å². The summed E-state index contributed by atoms with van der Waals surface area (Å²) in [7, 11) is 0. The molecule has 0 saturated carbocycles. The number of rotatable bonds is 4. The van der Waals surface area contributed by atoms with Crippen molar-refractivity contribution >= 4 is 40.2 Å². The molecule has 2 rings (SSSR count). The summed E-state index contributed by atoms with van der Waals surface area (Å²) in [5.41, 5.74) is 0.257. The Bertz CT molecular complexity index is 699. The molecule has 0 aliphatic carbocycles. The molecule has 0 bridgehead atoms. The first-order valence-corrected chi connectivity index (χ1v) is 6.92. The predicted molar refractivity (Wildman–Crippen MR) is 72.4 cm³/mol. The van der Waals surface area contributed by atoms with Crippen LogP contribution in [-0.2, 0) is 11.3 Å². The summed E-state index contributed by atoms with van der Waals surface area (Å²) in [6.07, 6.45) is 0. The minimum atomic E-state index is -1.20. The maximum Gasteiger partial charge on any atom is 0.262 e. The maximum atomic E-state index is 12.2. The van der Waals surface area contributed by atoms with Crippen LogP contribution in [0.15, 0.2) is 28.2 Å². The summed E-state index contributed by atoms with van der Waals surface area (Å²) >= 11 is 6.83. The Balaban J connectivity index is 2.61. The fraction of sp³-hybridized carbons (Fsp3) is 0.250. The zero-order valence-corrected chi connectivity index (χ0v) is 11.6. The Morgan fingerprint density at radius 1 is 1.53 bits per heavy atom. The third-order valence-corrected chi connectivity index (χ3v) is 3.70. The van der Waals surface area contributed by atoms with Crippen molar-refractivity contribution in [3.63, 3.8) is 0 Å². The van der Waals surface area contributed by atoms with Gasteiger partial charge in [0.25, 0.3) is 5.56 Å². The molecule has 0 N–H and O–H groups in total. The monoisotopic (exact) mass is 297 g/mol. The van der Waals surface area contributed by atoms with E-state index in [0.717, 1.165) is 11.8 Å². The molecule has 0 spiro atoms. The molecule has 2 aromatic rings. The lowest BCUT2D eigenvalue weighted by Gasteiger charge is -2.11. The quantitative estimate of drug-likeness (QED) is 0.619. The minimum absolute atomic E-state index is 0.204. The normalized spacial score (nSPS) is 10.8. The van der Waals surface area contributed by atoms with Crippen LogP contribution in [0.3, 0.4) is 0 Å². The van der Waals surface area contributed by atoms with Gasteiger partial charge in [0.2, 0.25) is 0 Å². The van der Waals surface area contributed by atoms with Crippen LogP contribution < -0.4 is 10.7 Å². The lowest BCUT2D eigenvalue weighted by Crippen LogP contribution is -2.26. The summed E-state index contributed by atoms with van der Waals surface area (Å²) in [5.74, 6) is -1.45. The van der Waals surface area contributed by atoms with Crippen molar-refractivity contribution in [3.05, 3.63) is 33.6 Å². The van der Waals surface area contributed by atoms with Gasteiger partial charge >= 0.3 is 0 Å². The van der Waals surface area contributed by atoms with Crippen molar-refractivity contribution in [2.75, 3.05) is 5.75 Å². The highest BCUT2D eigenvalue weighted by molar-refractivity contribution is 7.99. The highest BCUT2D eigenvalue weighted by Crippen LogP contribution is 2.20. The highest BCUT2D eigenvalue weighted by Gasteiger charge is 2.10. The molecule has 1 aromatic carbocycles. The number of hydrogen-bond acceptors (Lipinski definition) is 5. The van der Waals surface area contributed by atoms with E-state index in [1.54, 1.807) is 25.1 Å². The third kappa shape index (κ3) is 2.90. The smallest absolute Gasteiger partial charge is 0.262 e. The summed E-state index contributed by atoms with van der Waals surface area (Å²) in [6.45, 7) is 2.22. The second-order valence-electron chi connectivity index (χ2n) is 3.77. The minimum Gasteiger partial charge on any atom is -0.549 e. The van der Waals surface area contributed by atoms with Crippen LogP contribution in [-0.4, -0.2) is 21.3 Å². The Kier molecular flexibility index (Phi) is 4.11. The van der Waals surface area contributed by atoms with Crippen LogP contribution in [0.4, 0.5) is 0 Å². The van der Waals surface area contributed by atoms with Gasteiger partial charge in [-0.2, -0.15) is 0 Å². The fourth-order valence-corrected chi connectivity index (χ4v) is 2.63. The largest absolute Gasteiger partial charge is 0.549 e. The van der Waals surface area contributed by atoms with Gasteiger partial charge in [-0.05, 0) is 25.1 Å². The van der Waals surface area contributed by atoms with Gasteiger partial charge in [0, 0.05) is 17.3 Å². The number of aliphatic carboxylic acids is 1. The lowest BCUT2D eigenvalue weighted by molar-refractivity contribution is -0.301. The first kappa shape index (κ1) is 13.9. The first-order chi connectivity index (χ1) is 9.02. The van der Waals surface area contributed by atoms with E-state index in [9.17, 15) is 14.7 Å². The molecule has 19 heavy (non-hydrogen) atoms. The fourth-order valence-electron chi connectivity index (χ4n) is 1.69. The average molecular weight is 298 g/mol. The van der Waals surface area contributed by atoms with E-state index in [4.69, 9.17) is 11.6 Å². The zero-order chi connectivity index (χ0) is 14.0. The van der Waals surface area contributed by atoms with Gasteiger partial charge in [0.15, 0.2) is 5.16 Å². The van der Waals surface area contributed by atoms with Crippen molar-refractivity contribution in [3.8, 4) is 0 Å². The Labute approximate surface area is 118 Å². The second-order valence-corrected chi connectivity index (χ2v) is 5.14. The molecule has 0 fully saturated rings. The van der Waals surface area contributed by atoms with Crippen LogP contribution in [0.25, 0.3) is 10.9 Å². The lowest BCUT2D eigenvalue weighted by atomic mass is 10.2. The van der Waals surface area contributed by atoms with Gasteiger partial charge in [0.1, 0.15) is 0 Å². The summed E-state index contributed by atoms with van der Waals surface area (Å²) in [4.78, 5) is 27.0. The first-order valence-electron chi connectivity index (χ1n) is 5.55. The SMILES string of the molecule is CCn1c(SCC(=O)[O-])nc2cc(Cl)ccc2c1=O. The molecule has 1 heterocycles. The number of carbonyl (C=O) groups excluding carboxylic acids is 1. The second kappa shape index (κ2) is 5.63. The Morgan fingerprint density at radius 3 is 2.89 bits per heavy atom. The maximum absolute atomic E-state index is 12.2. The average Bonchev–Trinajstić information content (AvgIpc) is 2.36. The number of nitrogens with zero attached hydrogens (tertiary/aromatic N) is 2. The van der Waals surface area contributed by atoms with E-state index < -0.39 is 5.97 Å². The van der Waals surface area contributed by atoms with Gasteiger partial charge < -0.3 is 9.90 Å². The Morgan fingerprint density at radius 2 is 2.26 bits per heavy atom. The summed E-state index contributed by atoms with van der Waals surface area (Å²) in [6, 6.07) is 4.83. The summed E-state index contributed by atoms with van der Waals surface area (Å²) in [5, 5.41) is 11.8. The number of hydrogen-bond donors (Lipinski definition) is 0. The molecule has 0 atom stereocenters. The van der Waals surface area contributed by atoms with Crippen LogP contribution >= 0.6 is 23.4 Å². The molecular weight excluding hydrogens is 288 g/mol. The predicted octanol–water partition coefficient (Wildman–Crippen LogP) is 0.912. The van der Waals surface area contributed by atoms with E-state index in [0.29, 0.717) is 27.6 Å². The van der Waals surface area contributed by atoms with Crippen LogP contribution in [0.2, 0.25) is 5.02 Å². The van der Waals surface area contributed by atoms with Crippen molar-refractivity contribution < 1.29 is 9.90 Å². The van der Waals surface area contributed by atoms with Crippen molar-refractivity contribution in [2.24, 2.45) is 0 Å². The molecule has 0 aliphatic rings. The third-order valence-electron chi connectivity index (χ3n) is 2.52. The number of fused-ring (bicyclic) bond motifs is 1. The number of benzene rings is 1. The number of halogens is 1. The molecular formula is C12H10ClN2O3S-. The number of aromatic nitrogens is 2. The molecule has 0 aliphatic heterocycles. The van der Waals surface area contributed by atoms with E-state index >= 15 is 0 Å². The molecule has 0 saturated heterocycles. The van der Waals surface area contributed by atoms with Crippen LogP contribution in [0.1, 0.15) is 6.92 Å². The number of thioether (sulfide) groups is 1. The van der Waals surface area contributed by atoms with E-state index in [2.05, 4.69) is 4.98 Å². The topological polar surface area (TPSA) is 75.0 Å². The van der Waals surface area contributed by atoms with E-state index in [1.165, 1.54) is 4.57 Å². The van der Waals surface area contributed by atoms with Crippen molar-refractivity contribution in [1.29, 1.82) is 0 Å². The molecule has 7 heteroatoms. The Hall–Kier alpha value is -1.53. The zero-order valence-electron chi connectivity index (χ0n) is 10.1. The summed E-state index contributed by atoms with van der Waals surface area (Å²) < 4.78 is 1.43. The van der Waals surface area contributed by atoms with Gasteiger partial charge in [-0.15, -0.1) is 0 Å². The molecule has 100 valence electrons. The van der Waals surface area contributed by atoms with Crippen LogP contribution in [0, 0.1) is 0 Å². The number of carbonyl (C=O) groups is 1. The molecule has 5 nitrogen and oxygen atoms in total. The van der Waals surface area contributed by atoms with Gasteiger partial charge in [-0.25, -0.2) is 4.98 Å². The highest BCUT2D eigenvalue weighted by atomic mass is 35.5. The molecule has 0 unspecified atom stereocenters. The van der Waals surface area contributed by atoms with Gasteiger partial charge in [-0.1, -0.05) is 23.4 Å². The number of carboxylic acids is 1. The number of carboxylic acid groups (broad SMARTS) is 1. The molecule has 0 radical (unpaired) electrons. The van der Waals surface area contributed by atoms with E-state index in [1.807, 2.05) is 0 Å².